The Bertz CT molecular complexity index is 1250. The van der Waals surface area contributed by atoms with E-state index in [9.17, 15) is 0 Å². The molecule has 0 saturated heterocycles. The molecule has 30 heavy (non-hydrogen) atoms. The van der Waals surface area contributed by atoms with Crippen LogP contribution in [0, 0.1) is 11.8 Å². The quantitative estimate of drug-likeness (QED) is 0.392. The second kappa shape index (κ2) is 7.24. The minimum Gasteiger partial charge on any atom is -0.391 e. The van der Waals surface area contributed by atoms with E-state index in [2.05, 4.69) is 84.0 Å². The fourth-order valence-electron chi connectivity index (χ4n) is 5.37. The Kier molecular flexibility index (Phi) is 4.26. The molecule has 0 radical (unpaired) electrons. The van der Waals surface area contributed by atoms with E-state index >= 15 is 0 Å². The summed E-state index contributed by atoms with van der Waals surface area (Å²) in [5, 5.41) is 8.33. The second-order valence-corrected chi connectivity index (χ2v) is 8.54. The molecule has 148 valence electrons. The molecule has 6 rings (SSSR count). The third-order valence-electron chi connectivity index (χ3n) is 6.79. The lowest BCUT2D eigenvalue weighted by Crippen LogP contribution is -2.36. The van der Waals surface area contributed by atoms with Crippen molar-refractivity contribution in [2.45, 2.75) is 31.8 Å². The summed E-state index contributed by atoms with van der Waals surface area (Å²) in [5.74, 6) is 0.823. The van der Waals surface area contributed by atoms with E-state index < -0.39 is 0 Å². The molecule has 3 nitrogen and oxygen atoms in total. The molecule has 2 heterocycles. The number of nitrogens with zero attached hydrogens (tertiary/aromatic N) is 2. The molecule has 3 aromatic carbocycles. The SMILES string of the molecule is c1ccc(C2=NO[C@H]3[C@H](Cc4nc5ccccc5c5ccccc45)CCC[C@@H]23)cc1. The van der Waals surface area contributed by atoms with Crippen molar-refractivity contribution in [3.05, 3.63) is 90.1 Å². The zero-order valence-electron chi connectivity index (χ0n) is 16.9. The first-order valence-electron chi connectivity index (χ1n) is 10.9. The van der Waals surface area contributed by atoms with E-state index in [0.717, 1.165) is 24.1 Å². The standard InChI is InChI=1S/C27H24N2O/c1-2-9-18(10-3-1)26-23-15-8-11-19(27(23)30-29-26)17-25-22-14-5-4-12-20(22)21-13-6-7-16-24(21)28-25/h1-7,9-10,12-14,16,19,23,27H,8,11,15,17H2/t19-,23-,27-/m0/s1. The number of fused-ring (bicyclic) bond motifs is 4. The number of pyridine rings is 1. The van der Waals surface area contributed by atoms with Crippen molar-refractivity contribution < 1.29 is 4.84 Å². The third kappa shape index (κ3) is 2.88. The number of hydrogen-bond acceptors (Lipinski definition) is 3. The smallest absolute Gasteiger partial charge is 0.139 e. The Morgan fingerprint density at radius 2 is 1.50 bits per heavy atom. The molecule has 0 spiro atoms. The predicted octanol–water partition coefficient (Wildman–Crippen LogP) is 6.15. The molecule has 1 saturated carbocycles. The van der Waals surface area contributed by atoms with Gasteiger partial charge in [-0.2, -0.15) is 0 Å². The zero-order chi connectivity index (χ0) is 19.9. The van der Waals surface area contributed by atoms with E-state index in [4.69, 9.17) is 9.82 Å². The highest BCUT2D eigenvalue weighted by molar-refractivity contribution is 6.06. The molecule has 0 N–H and O–H groups in total. The van der Waals surface area contributed by atoms with Crippen LogP contribution in [0.1, 0.15) is 30.5 Å². The van der Waals surface area contributed by atoms with E-state index in [1.54, 1.807) is 0 Å². The van der Waals surface area contributed by atoms with Crippen LogP contribution in [0.3, 0.4) is 0 Å². The predicted molar refractivity (Wildman–Crippen MR) is 122 cm³/mol. The van der Waals surface area contributed by atoms with Gasteiger partial charge in [-0.05, 0) is 36.3 Å². The van der Waals surface area contributed by atoms with Gasteiger partial charge in [-0.25, -0.2) is 0 Å². The molecule has 1 aliphatic heterocycles. The molecule has 1 aromatic heterocycles. The normalized spacial score (nSPS) is 23.2. The highest BCUT2D eigenvalue weighted by Gasteiger charge is 2.42. The van der Waals surface area contributed by atoms with Crippen molar-refractivity contribution in [2.24, 2.45) is 17.0 Å². The van der Waals surface area contributed by atoms with Crippen LogP contribution in [0.5, 0.6) is 0 Å². The van der Waals surface area contributed by atoms with Crippen LogP contribution in [-0.2, 0) is 11.3 Å². The maximum absolute atomic E-state index is 6.07. The van der Waals surface area contributed by atoms with Crippen molar-refractivity contribution >= 4 is 27.4 Å². The fraction of sp³-hybridized carbons (Fsp3) is 0.259. The molecule has 3 atom stereocenters. The first kappa shape index (κ1) is 17.6. The van der Waals surface area contributed by atoms with Crippen LogP contribution < -0.4 is 0 Å². The van der Waals surface area contributed by atoms with Crippen LogP contribution >= 0.6 is 0 Å². The van der Waals surface area contributed by atoms with Crippen LogP contribution in [0.2, 0.25) is 0 Å². The maximum Gasteiger partial charge on any atom is 0.139 e. The first-order valence-corrected chi connectivity index (χ1v) is 10.9. The molecular weight excluding hydrogens is 368 g/mol. The lowest BCUT2D eigenvalue weighted by atomic mass is 9.74. The molecule has 0 unspecified atom stereocenters. The van der Waals surface area contributed by atoms with Crippen LogP contribution in [0.15, 0.2) is 84.0 Å². The van der Waals surface area contributed by atoms with Gasteiger partial charge in [0.2, 0.25) is 0 Å². The summed E-state index contributed by atoms with van der Waals surface area (Å²) in [4.78, 5) is 11.2. The van der Waals surface area contributed by atoms with E-state index in [-0.39, 0.29) is 6.10 Å². The Morgan fingerprint density at radius 1 is 0.767 bits per heavy atom. The first-order chi connectivity index (χ1) is 14.9. The van der Waals surface area contributed by atoms with Crippen molar-refractivity contribution in [1.82, 2.24) is 4.98 Å². The molecule has 1 fully saturated rings. The largest absolute Gasteiger partial charge is 0.391 e. The number of oxime groups is 1. The summed E-state index contributed by atoms with van der Waals surface area (Å²) in [5.41, 5.74) is 4.58. The summed E-state index contributed by atoms with van der Waals surface area (Å²) < 4.78 is 0. The zero-order valence-corrected chi connectivity index (χ0v) is 16.9. The van der Waals surface area contributed by atoms with Crippen LogP contribution in [0.25, 0.3) is 21.7 Å². The molecule has 2 aliphatic rings. The second-order valence-electron chi connectivity index (χ2n) is 8.54. The lowest BCUT2D eigenvalue weighted by Gasteiger charge is -2.32. The van der Waals surface area contributed by atoms with E-state index in [1.165, 1.54) is 40.3 Å². The Labute approximate surface area is 176 Å². The average molecular weight is 393 g/mol. The average Bonchev–Trinajstić information content (AvgIpc) is 3.25. The summed E-state index contributed by atoms with van der Waals surface area (Å²) >= 11 is 0. The van der Waals surface area contributed by atoms with Crippen molar-refractivity contribution in [2.75, 3.05) is 0 Å². The van der Waals surface area contributed by atoms with Gasteiger partial charge in [0.25, 0.3) is 0 Å². The van der Waals surface area contributed by atoms with Gasteiger partial charge >= 0.3 is 0 Å². The van der Waals surface area contributed by atoms with Gasteiger partial charge in [0.15, 0.2) is 0 Å². The fourth-order valence-corrected chi connectivity index (χ4v) is 5.37. The number of para-hydroxylation sites is 1. The number of benzene rings is 3. The Morgan fingerprint density at radius 3 is 2.37 bits per heavy atom. The van der Waals surface area contributed by atoms with Crippen LogP contribution in [-0.4, -0.2) is 16.8 Å². The highest BCUT2D eigenvalue weighted by Crippen LogP contribution is 2.40. The summed E-state index contributed by atoms with van der Waals surface area (Å²) in [6, 6.07) is 27.6. The molecule has 0 bridgehead atoms. The van der Waals surface area contributed by atoms with Crippen molar-refractivity contribution in [3.63, 3.8) is 0 Å². The maximum atomic E-state index is 6.07. The molecule has 0 amide bonds. The van der Waals surface area contributed by atoms with Gasteiger partial charge in [-0.3, -0.25) is 4.98 Å². The van der Waals surface area contributed by atoms with Crippen LogP contribution in [0.4, 0.5) is 0 Å². The van der Waals surface area contributed by atoms with Crippen molar-refractivity contribution in [1.29, 1.82) is 0 Å². The van der Waals surface area contributed by atoms with E-state index in [0.29, 0.717) is 11.8 Å². The highest BCUT2D eigenvalue weighted by atomic mass is 16.6. The molecule has 3 heteroatoms. The van der Waals surface area contributed by atoms with Crippen molar-refractivity contribution in [3.8, 4) is 0 Å². The third-order valence-corrected chi connectivity index (χ3v) is 6.79. The topological polar surface area (TPSA) is 34.5 Å². The summed E-state index contributed by atoms with van der Waals surface area (Å²) in [6.07, 6.45) is 4.62. The molecular formula is C27H24N2O. The molecule has 4 aromatic rings. The number of aromatic nitrogens is 1. The lowest BCUT2D eigenvalue weighted by molar-refractivity contribution is -0.00331. The van der Waals surface area contributed by atoms with Gasteiger partial charge in [0.1, 0.15) is 6.10 Å². The van der Waals surface area contributed by atoms with Gasteiger partial charge in [-0.15, -0.1) is 0 Å². The summed E-state index contributed by atoms with van der Waals surface area (Å²) in [6.45, 7) is 0. The van der Waals surface area contributed by atoms with Gasteiger partial charge in [-0.1, -0.05) is 84.4 Å². The van der Waals surface area contributed by atoms with E-state index in [1.807, 2.05) is 0 Å². The molecule has 1 aliphatic carbocycles. The van der Waals surface area contributed by atoms with Gasteiger partial charge in [0.05, 0.1) is 11.2 Å². The Hall–Kier alpha value is -3.20. The monoisotopic (exact) mass is 392 g/mol. The minimum atomic E-state index is 0.154. The minimum absolute atomic E-state index is 0.154. The number of hydrogen-bond donors (Lipinski definition) is 0. The summed E-state index contributed by atoms with van der Waals surface area (Å²) in [7, 11) is 0. The van der Waals surface area contributed by atoms with Gasteiger partial charge in [0, 0.05) is 28.3 Å². The Balaban J connectivity index is 1.35. The van der Waals surface area contributed by atoms with Gasteiger partial charge < -0.3 is 4.84 Å². The number of rotatable bonds is 3.